The van der Waals surface area contributed by atoms with E-state index in [0.717, 1.165) is 5.39 Å². The summed E-state index contributed by atoms with van der Waals surface area (Å²) >= 11 is 0. The Morgan fingerprint density at radius 3 is 3.00 bits per heavy atom. The Morgan fingerprint density at radius 1 is 1.54 bits per heavy atom. The summed E-state index contributed by atoms with van der Waals surface area (Å²) in [6.45, 7) is 1.78. The van der Waals surface area contributed by atoms with Crippen LogP contribution in [0.15, 0.2) is 16.7 Å². The van der Waals surface area contributed by atoms with Gasteiger partial charge in [0.2, 0.25) is 0 Å². The average molecular weight is 177 g/mol. The van der Waals surface area contributed by atoms with Crippen molar-refractivity contribution in [3.63, 3.8) is 0 Å². The lowest BCUT2D eigenvalue weighted by Gasteiger charge is -1.95. The molecule has 4 nitrogen and oxygen atoms in total. The number of hydrogen-bond acceptors (Lipinski definition) is 4. The Labute approximate surface area is 73.8 Å². The molecule has 0 aliphatic heterocycles. The molecule has 0 radical (unpaired) electrons. The van der Waals surface area contributed by atoms with Crippen molar-refractivity contribution in [1.29, 1.82) is 0 Å². The molecule has 4 heteroatoms. The molecule has 0 saturated carbocycles. The monoisotopic (exact) mass is 177 g/mol. The molecule has 0 amide bonds. The molecule has 0 fully saturated rings. The standard InChI is InChI=1S/C9H7NO3/c1-5-6-2-3-8(12)7(4-11)9(6)13-10-5/h2-4,12H,1H3. The second-order valence-electron chi connectivity index (χ2n) is 2.76. The molecule has 2 aromatic rings. The number of hydrogen-bond donors (Lipinski definition) is 1. The predicted octanol–water partition coefficient (Wildman–Crippen LogP) is 1.65. The van der Waals surface area contributed by atoms with Crippen LogP contribution in [0.1, 0.15) is 16.1 Å². The lowest BCUT2D eigenvalue weighted by Crippen LogP contribution is -1.81. The molecule has 1 N–H and O–H groups in total. The van der Waals surface area contributed by atoms with Crippen LogP contribution in [0.5, 0.6) is 5.75 Å². The van der Waals surface area contributed by atoms with Gasteiger partial charge in [-0.1, -0.05) is 5.16 Å². The summed E-state index contributed by atoms with van der Waals surface area (Å²) in [6, 6.07) is 3.12. The van der Waals surface area contributed by atoms with Crippen molar-refractivity contribution in [2.45, 2.75) is 6.92 Å². The van der Waals surface area contributed by atoms with Gasteiger partial charge in [-0.3, -0.25) is 4.79 Å². The van der Waals surface area contributed by atoms with Crippen LogP contribution in [0.4, 0.5) is 0 Å². The molecule has 0 atom stereocenters. The van der Waals surface area contributed by atoms with Gasteiger partial charge in [-0.25, -0.2) is 0 Å². The van der Waals surface area contributed by atoms with Crippen molar-refractivity contribution in [3.8, 4) is 5.75 Å². The number of rotatable bonds is 1. The van der Waals surface area contributed by atoms with Gasteiger partial charge in [-0.2, -0.15) is 0 Å². The van der Waals surface area contributed by atoms with Gasteiger partial charge in [0, 0.05) is 5.39 Å². The number of aldehydes is 1. The van der Waals surface area contributed by atoms with Crippen LogP contribution in [0, 0.1) is 6.92 Å². The number of carbonyl (C=O) groups is 1. The highest BCUT2D eigenvalue weighted by atomic mass is 16.5. The first kappa shape index (κ1) is 7.79. The maximum absolute atomic E-state index is 10.6. The summed E-state index contributed by atoms with van der Waals surface area (Å²) in [4.78, 5) is 10.6. The second kappa shape index (κ2) is 2.58. The first-order valence-corrected chi connectivity index (χ1v) is 3.77. The first-order chi connectivity index (χ1) is 6.24. The molecule has 0 aliphatic carbocycles. The molecule has 0 unspecified atom stereocenters. The Balaban J connectivity index is 2.92. The van der Waals surface area contributed by atoms with Crippen LogP contribution in [-0.4, -0.2) is 16.5 Å². The summed E-state index contributed by atoms with van der Waals surface area (Å²) in [5.74, 6) is -0.0846. The highest BCUT2D eigenvalue weighted by Crippen LogP contribution is 2.27. The second-order valence-corrected chi connectivity index (χ2v) is 2.76. The molecule has 2 rings (SSSR count). The molecule has 1 aromatic heterocycles. The SMILES string of the molecule is Cc1noc2c(C=O)c(O)ccc12. The molecule has 66 valence electrons. The number of carbonyl (C=O) groups excluding carboxylic acids is 1. The molecular formula is C9H7NO3. The van der Waals surface area contributed by atoms with Gasteiger partial charge >= 0.3 is 0 Å². The summed E-state index contributed by atoms with van der Waals surface area (Å²) in [5, 5.41) is 13.7. The first-order valence-electron chi connectivity index (χ1n) is 3.77. The minimum Gasteiger partial charge on any atom is -0.507 e. The van der Waals surface area contributed by atoms with Crippen molar-refractivity contribution < 1.29 is 14.4 Å². The van der Waals surface area contributed by atoms with Gasteiger partial charge in [0.25, 0.3) is 0 Å². The molecule has 0 saturated heterocycles. The maximum atomic E-state index is 10.6. The van der Waals surface area contributed by atoms with Crippen LogP contribution < -0.4 is 0 Å². The lowest BCUT2D eigenvalue weighted by molar-refractivity contribution is 0.112. The third-order valence-electron chi connectivity index (χ3n) is 1.95. The van der Waals surface area contributed by atoms with E-state index in [1.54, 1.807) is 13.0 Å². The van der Waals surface area contributed by atoms with Crippen LogP contribution in [0.25, 0.3) is 11.0 Å². The number of benzene rings is 1. The fourth-order valence-electron chi connectivity index (χ4n) is 1.25. The zero-order valence-electron chi connectivity index (χ0n) is 6.94. The average Bonchev–Trinajstić information content (AvgIpc) is 2.48. The topological polar surface area (TPSA) is 63.3 Å². The van der Waals surface area contributed by atoms with E-state index >= 15 is 0 Å². The summed E-state index contributed by atoms with van der Waals surface area (Å²) in [6.07, 6.45) is 0.558. The number of nitrogens with zero attached hydrogens (tertiary/aromatic N) is 1. The van der Waals surface area contributed by atoms with Gasteiger partial charge in [0.1, 0.15) is 11.3 Å². The normalized spacial score (nSPS) is 10.5. The minimum atomic E-state index is -0.0846. The highest BCUT2D eigenvalue weighted by Gasteiger charge is 2.12. The van der Waals surface area contributed by atoms with E-state index in [1.165, 1.54) is 6.07 Å². The van der Waals surface area contributed by atoms with Gasteiger partial charge < -0.3 is 9.63 Å². The number of phenols is 1. The molecule has 13 heavy (non-hydrogen) atoms. The van der Waals surface area contributed by atoms with E-state index < -0.39 is 0 Å². The lowest BCUT2D eigenvalue weighted by atomic mass is 10.1. The van der Waals surface area contributed by atoms with Crippen molar-refractivity contribution in [1.82, 2.24) is 5.16 Å². The smallest absolute Gasteiger partial charge is 0.181 e. The zero-order chi connectivity index (χ0) is 9.42. The Kier molecular flexibility index (Phi) is 1.55. The van der Waals surface area contributed by atoms with Crippen molar-refractivity contribution in [2.75, 3.05) is 0 Å². The minimum absolute atomic E-state index is 0.0846. The van der Waals surface area contributed by atoms with E-state index in [4.69, 9.17) is 4.52 Å². The predicted molar refractivity (Wildman–Crippen MR) is 45.8 cm³/mol. The van der Waals surface area contributed by atoms with E-state index in [2.05, 4.69) is 5.16 Å². The fourth-order valence-corrected chi connectivity index (χ4v) is 1.25. The largest absolute Gasteiger partial charge is 0.507 e. The number of aromatic nitrogens is 1. The van der Waals surface area contributed by atoms with Gasteiger partial charge in [-0.05, 0) is 19.1 Å². The molecule has 0 spiro atoms. The number of aromatic hydroxyl groups is 1. The Hall–Kier alpha value is -1.84. The number of phenolic OH excluding ortho intramolecular Hbond substituents is 1. The van der Waals surface area contributed by atoms with Crippen LogP contribution >= 0.6 is 0 Å². The van der Waals surface area contributed by atoms with E-state index in [-0.39, 0.29) is 11.3 Å². The number of aryl methyl sites for hydroxylation is 1. The Bertz CT molecular complexity index is 473. The molecular weight excluding hydrogens is 170 g/mol. The third kappa shape index (κ3) is 0.989. The molecule has 0 aliphatic rings. The number of fused-ring (bicyclic) bond motifs is 1. The van der Waals surface area contributed by atoms with Crippen LogP contribution in [-0.2, 0) is 0 Å². The molecule has 1 heterocycles. The van der Waals surface area contributed by atoms with Gasteiger partial charge in [0.05, 0.1) is 5.69 Å². The third-order valence-corrected chi connectivity index (χ3v) is 1.95. The van der Waals surface area contributed by atoms with E-state index in [9.17, 15) is 9.90 Å². The Morgan fingerprint density at radius 2 is 2.31 bits per heavy atom. The highest BCUT2D eigenvalue weighted by molar-refractivity contribution is 5.98. The summed E-state index contributed by atoms with van der Waals surface area (Å²) in [5.41, 5.74) is 1.20. The van der Waals surface area contributed by atoms with Gasteiger partial charge in [0.15, 0.2) is 11.9 Å². The summed E-state index contributed by atoms with van der Waals surface area (Å²) < 4.78 is 4.91. The fraction of sp³-hybridized carbons (Fsp3) is 0.111. The van der Waals surface area contributed by atoms with Crippen molar-refractivity contribution in [2.24, 2.45) is 0 Å². The van der Waals surface area contributed by atoms with Crippen molar-refractivity contribution >= 4 is 17.3 Å². The van der Waals surface area contributed by atoms with E-state index in [0.29, 0.717) is 17.6 Å². The van der Waals surface area contributed by atoms with Crippen LogP contribution in [0.3, 0.4) is 0 Å². The van der Waals surface area contributed by atoms with Crippen molar-refractivity contribution in [3.05, 3.63) is 23.4 Å². The quantitative estimate of drug-likeness (QED) is 0.672. The molecule has 1 aromatic carbocycles. The maximum Gasteiger partial charge on any atom is 0.181 e. The van der Waals surface area contributed by atoms with Crippen LogP contribution in [0.2, 0.25) is 0 Å². The van der Waals surface area contributed by atoms with E-state index in [1.807, 2.05) is 0 Å². The summed E-state index contributed by atoms with van der Waals surface area (Å²) in [7, 11) is 0. The zero-order valence-corrected chi connectivity index (χ0v) is 6.94. The van der Waals surface area contributed by atoms with Gasteiger partial charge in [-0.15, -0.1) is 0 Å². The molecule has 0 bridgehead atoms.